The first-order valence-electron chi connectivity index (χ1n) is 7.56. The maximum absolute atomic E-state index is 4.83. The van der Waals surface area contributed by atoms with E-state index < -0.39 is 0 Å². The molecule has 0 spiro atoms. The van der Waals surface area contributed by atoms with E-state index in [0.29, 0.717) is 6.04 Å². The van der Waals surface area contributed by atoms with Crippen LogP contribution in [0.1, 0.15) is 43.4 Å². The zero-order valence-electron chi connectivity index (χ0n) is 13.1. The molecular weight excluding hydrogens is 268 g/mol. The minimum absolute atomic E-state index is 0.349. The fraction of sp³-hybridized carbons (Fsp3) is 0.733. The van der Waals surface area contributed by atoms with Crippen LogP contribution in [0.15, 0.2) is 0 Å². The summed E-state index contributed by atoms with van der Waals surface area (Å²) in [6.45, 7) is 8.56. The molecule has 1 N–H and O–H groups in total. The fourth-order valence-electron chi connectivity index (χ4n) is 2.45. The third kappa shape index (κ3) is 3.44. The summed E-state index contributed by atoms with van der Waals surface area (Å²) < 4.78 is 0. The molecule has 1 aliphatic rings. The van der Waals surface area contributed by atoms with Gasteiger partial charge in [0.05, 0.1) is 6.04 Å². The number of anilines is 1. The predicted octanol–water partition coefficient (Wildman–Crippen LogP) is 2.89. The van der Waals surface area contributed by atoms with Crippen molar-refractivity contribution in [3.05, 3.63) is 17.1 Å². The first-order valence-corrected chi connectivity index (χ1v) is 8.72. The summed E-state index contributed by atoms with van der Waals surface area (Å²) in [5.41, 5.74) is 2.38. The molecular formula is C15H26N4S. The van der Waals surface area contributed by atoms with E-state index in [1.165, 1.54) is 17.0 Å². The second kappa shape index (κ2) is 7.27. The van der Waals surface area contributed by atoms with Crippen LogP contribution in [0.25, 0.3) is 0 Å². The number of thioether (sulfide) groups is 1. The third-order valence-corrected chi connectivity index (χ3v) is 4.86. The van der Waals surface area contributed by atoms with E-state index in [4.69, 9.17) is 9.97 Å². The van der Waals surface area contributed by atoms with E-state index in [1.807, 2.05) is 11.8 Å². The minimum atomic E-state index is 0.349. The Morgan fingerprint density at radius 2 is 2.15 bits per heavy atom. The van der Waals surface area contributed by atoms with Gasteiger partial charge >= 0.3 is 0 Å². The summed E-state index contributed by atoms with van der Waals surface area (Å²) in [7, 11) is 2.18. The molecule has 1 aliphatic heterocycles. The van der Waals surface area contributed by atoms with Gasteiger partial charge in [0.1, 0.15) is 11.6 Å². The van der Waals surface area contributed by atoms with Crippen molar-refractivity contribution in [2.45, 2.75) is 39.7 Å². The lowest BCUT2D eigenvalue weighted by atomic mass is 10.1. The normalized spacial score (nSPS) is 20.1. The quantitative estimate of drug-likeness (QED) is 0.904. The van der Waals surface area contributed by atoms with Gasteiger partial charge in [0.15, 0.2) is 0 Å². The van der Waals surface area contributed by atoms with Crippen LogP contribution in [0.5, 0.6) is 0 Å². The molecule has 5 heteroatoms. The number of aromatic nitrogens is 2. The molecule has 1 atom stereocenters. The van der Waals surface area contributed by atoms with Crippen molar-refractivity contribution >= 4 is 17.6 Å². The Morgan fingerprint density at radius 1 is 1.35 bits per heavy atom. The van der Waals surface area contributed by atoms with Crippen LogP contribution in [0.2, 0.25) is 0 Å². The van der Waals surface area contributed by atoms with Gasteiger partial charge in [-0.1, -0.05) is 13.8 Å². The van der Waals surface area contributed by atoms with Gasteiger partial charge in [-0.25, -0.2) is 9.97 Å². The molecule has 1 saturated heterocycles. The molecule has 0 saturated carbocycles. The number of rotatable bonds is 5. The molecule has 0 bridgehead atoms. The van der Waals surface area contributed by atoms with Crippen molar-refractivity contribution < 1.29 is 0 Å². The Balaban J connectivity index is 2.32. The van der Waals surface area contributed by atoms with Crippen molar-refractivity contribution in [3.8, 4) is 0 Å². The molecule has 1 unspecified atom stereocenters. The molecule has 0 aromatic carbocycles. The lowest BCUT2D eigenvalue weighted by molar-refractivity contribution is 0.264. The molecule has 2 heterocycles. The van der Waals surface area contributed by atoms with Crippen LogP contribution in [-0.4, -0.2) is 46.5 Å². The Morgan fingerprint density at radius 3 is 2.80 bits per heavy atom. The maximum Gasteiger partial charge on any atom is 0.148 e. The lowest BCUT2D eigenvalue weighted by Gasteiger charge is -2.31. The highest BCUT2D eigenvalue weighted by molar-refractivity contribution is 7.99. The molecule has 0 radical (unpaired) electrons. The highest BCUT2D eigenvalue weighted by Gasteiger charge is 2.25. The molecule has 0 amide bonds. The van der Waals surface area contributed by atoms with Gasteiger partial charge in [0, 0.05) is 35.9 Å². The van der Waals surface area contributed by atoms with Crippen molar-refractivity contribution in [1.82, 2.24) is 14.9 Å². The first kappa shape index (κ1) is 15.6. The van der Waals surface area contributed by atoms with Gasteiger partial charge in [0.2, 0.25) is 0 Å². The van der Waals surface area contributed by atoms with Crippen LogP contribution < -0.4 is 5.32 Å². The Hall–Kier alpha value is -0.810. The number of hydrogen-bond acceptors (Lipinski definition) is 5. The predicted molar refractivity (Wildman–Crippen MR) is 87.6 cm³/mol. The van der Waals surface area contributed by atoms with Crippen LogP contribution in [-0.2, 0) is 6.42 Å². The molecule has 0 aliphatic carbocycles. The van der Waals surface area contributed by atoms with Gasteiger partial charge in [0.25, 0.3) is 0 Å². The molecule has 1 aromatic heterocycles. The van der Waals surface area contributed by atoms with E-state index in [9.17, 15) is 0 Å². The SMILES string of the molecule is CCCNc1nc(C2CSCCN2C)nc(CC)c1C. The minimum Gasteiger partial charge on any atom is -0.370 e. The number of hydrogen-bond donors (Lipinski definition) is 1. The Bertz CT molecular complexity index is 450. The first-order chi connectivity index (χ1) is 9.67. The van der Waals surface area contributed by atoms with Gasteiger partial charge in [-0.3, -0.25) is 4.90 Å². The molecule has 1 aromatic rings. The Kier molecular flexibility index (Phi) is 5.66. The average Bonchev–Trinajstić information content (AvgIpc) is 2.47. The maximum atomic E-state index is 4.83. The van der Waals surface area contributed by atoms with Gasteiger partial charge in [-0.15, -0.1) is 0 Å². The van der Waals surface area contributed by atoms with E-state index in [2.05, 4.69) is 38.0 Å². The van der Waals surface area contributed by atoms with E-state index in [-0.39, 0.29) is 0 Å². The summed E-state index contributed by atoms with van der Waals surface area (Å²) in [4.78, 5) is 12.0. The Labute approximate surface area is 126 Å². The van der Waals surface area contributed by atoms with Crippen molar-refractivity contribution in [2.24, 2.45) is 0 Å². The number of aryl methyl sites for hydroxylation is 1. The van der Waals surface area contributed by atoms with Crippen LogP contribution >= 0.6 is 11.8 Å². The second-order valence-electron chi connectivity index (χ2n) is 5.35. The second-order valence-corrected chi connectivity index (χ2v) is 6.50. The monoisotopic (exact) mass is 294 g/mol. The van der Waals surface area contributed by atoms with Crippen molar-refractivity contribution in [1.29, 1.82) is 0 Å². The highest BCUT2D eigenvalue weighted by atomic mass is 32.2. The standard InChI is InChI=1S/C15H26N4S/c1-5-7-16-14-11(3)12(6-2)17-15(18-14)13-10-20-9-8-19(13)4/h13H,5-10H2,1-4H3,(H,16,17,18). The molecule has 20 heavy (non-hydrogen) atoms. The number of nitrogens with zero attached hydrogens (tertiary/aromatic N) is 3. The van der Waals surface area contributed by atoms with Crippen LogP contribution in [0, 0.1) is 6.92 Å². The van der Waals surface area contributed by atoms with E-state index in [0.717, 1.165) is 43.3 Å². The summed E-state index contributed by atoms with van der Waals surface area (Å²) in [5.74, 6) is 4.31. The summed E-state index contributed by atoms with van der Waals surface area (Å²) in [6, 6.07) is 0.349. The van der Waals surface area contributed by atoms with Crippen molar-refractivity contribution in [3.63, 3.8) is 0 Å². The average molecular weight is 294 g/mol. The molecule has 2 rings (SSSR count). The smallest absolute Gasteiger partial charge is 0.148 e. The van der Waals surface area contributed by atoms with Crippen LogP contribution in [0.3, 0.4) is 0 Å². The number of nitrogens with one attached hydrogen (secondary N) is 1. The molecule has 112 valence electrons. The zero-order valence-corrected chi connectivity index (χ0v) is 13.9. The largest absolute Gasteiger partial charge is 0.370 e. The van der Waals surface area contributed by atoms with Gasteiger partial charge in [-0.05, 0) is 26.8 Å². The van der Waals surface area contributed by atoms with E-state index in [1.54, 1.807) is 0 Å². The fourth-order valence-corrected chi connectivity index (χ4v) is 3.66. The summed E-state index contributed by atoms with van der Waals surface area (Å²) >= 11 is 2.00. The van der Waals surface area contributed by atoms with Gasteiger partial charge in [-0.2, -0.15) is 11.8 Å². The van der Waals surface area contributed by atoms with Crippen LogP contribution in [0.4, 0.5) is 5.82 Å². The van der Waals surface area contributed by atoms with E-state index >= 15 is 0 Å². The third-order valence-electron chi connectivity index (χ3n) is 3.84. The van der Waals surface area contributed by atoms with Gasteiger partial charge < -0.3 is 5.32 Å². The van der Waals surface area contributed by atoms with Crippen molar-refractivity contribution in [2.75, 3.05) is 37.0 Å². The lowest BCUT2D eigenvalue weighted by Crippen LogP contribution is -2.34. The molecule has 4 nitrogen and oxygen atoms in total. The molecule has 1 fully saturated rings. The highest BCUT2D eigenvalue weighted by Crippen LogP contribution is 2.28. The topological polar surface area (TPSA) is 41.1 Å². The summed E-state index contributed by atoms with van der Waals surface area (Å²) in [6.07, 6.45) is 2.07. The zero-order chi connectivity index (χ0) is 14.5. The summed E-state index contributed by atoms with van der Waals surface area (Å²) in [5, 5.41) is 3.46.